The minimum Gasteiger partial charge on any atom is -0.486 e. The molecule has 0 spiro atoms. The van der Waals surface area contributed by atoms with Crippen molar-refractivity contribution in [2.45, 2.75) is 20.0 Å². The predicted molar refractivity (Wildman–Crippen MR) is 59.5 cm³/mol. The molecule has 1 rings (SSSR count). The molecule has 0 aliphatic heterocycles. The zero-order chi connectivity index (χ0) is 12.1. The van der Waals surface area contributed by atoms with Gasteiger partial charge in [-0.05, 0) is 25.1 Å². The van der Waals surface area contributed by atoms with Crippen molar-refractivity contribution in [2.75, 3.05) is 13.6 Å². The maximum Gasteiger partial charge on any atom is 0.165 e. The first kappa shape index (κ1) is 12.9. The normalized spacial score (nSPS) is 12.9. The summed E-state index contributed by atoms with van der Waals surface area (Å²) >= 11 is 0. The van der Waals surface area contributed by atoms with Crippen molar-refractivity contribution in [3.05, 3.63) is 29.8 Å². The summed E-state index contributed by atoms with van der Waals surface area (Å²) in [6.45, 7) is 4.53. The van der Waals surface area contributed by atoms with Crippen LogP contribution in [0, 0.1) is 17.6 Å². The Balaban J connectivity index is 2.80. The van der Waals surface area contributed by atoms with Gasteiger partial charge in [0.15, 0.2) is 11.6 Å². The van der Waals surface area contributed by atoms with E-state index in [0.717, 1.165) is 18.2 Å². The monoisotopic (exact) mass is 229 g/mol. The Morgan fingerprint density at radius 1 is 1.31 bits per heavy atom. The number of benzene rings is 1. The molecular formula is C12H17F2NO. The van der Waals surface area contributed by atoms with Gasteiger partial charge >= 0.3 is 0 Å². The van der Waals surface area contributed by atoms with Crippen molar-refractivity contribution < 1.29 is 13.5 Å². The molecule has 1 N–H and O–H groups in total. The fourth-order valence-electron chi connectivity index (χ4n) is 1.35. The van der Waals surface area contributed by atoms with Gasteiger partial charge in [0, 0.05) is 12.6 Å². The highest BCUT2D eigenvalue weighted by molar-refractivity contribution is 5.25. The largest absolute Gasteiger partial charge is 0.486 e. The van der Waals surface area contributed by atoms with Crippen molar-refractivity contribution in [2.24, 2.45) is 5.92 Å². The average Bonchev–Trinajstić information content (AvgIpc) is 2.22. The zero-order valence-corrected chi connectivity index (χ0v) is 9.76. The van der Waals surface area contributed by atoms with Gasteiger partial charge in [-0.1, -0.05) is 13.8 Å². The molecule has 0 aliphatic carbocycles. The summed E-state index contributed by atoms with van der Waals surface area (Å²) in [5.74, 6) is -0.851. The van der Waals surface area contributed by atoms with Crippen LogP contribution in [0.5, 0.6) is 5.75 Å². The molecule has 2 nitrogen and oxygen atoms in total. The number of nitrogens with one attached hydrogen (secondary N) is 1. The second-order valence-electron chi connectivity index (χ2n) is 4.03. The lowest BCUT2D eigenvalue weighted by Gasteiger charge is -2.22. The molecule has 0 fully saturated rings. The third kappa shape index (κ3) is 3.45. The fourth-order valence-corrected chi connectivity index (χ4v) is 1.35. The third-order valence-electron chi connectivity index (χ3n) is 2.32. The lowest BCUT2D eigenvalue weighted by molar-refractivity contribution is 0.144. The van der Waals surface area contributed by atoms with Gasteiger partial charge in [0.2, 0.25) is 0 Å². The smallest absolute Gasteiger partial charge is 0.165 e. The van der Waals surface area contributed by atoms with Crippen molar-refractivity contribution in [3.8, 4) is 5.75 Å². The molecule has 1 aromatic carbocycles. The number of halogens is 2. The second-order valence-corrected chi connectivity index (χ2v) is 4.03. The van der Waals surface area contributed by atoms with Gasteiger partial charge in [-0.25, -0.2) is 8.78 Å². The van der Waals surface area contributed by atoms with E-state index in [9.17, 15) is 8.78 Å². The van der Waals surface area contributed by atoms with Crippen LogP contribution in [0.25, 0.3) is 0 Å². The first-order chi connectivity index (χ1) is 7.54. The maximum absolute atomic E-state index is 13.3. The van der Waals surface area contributed by atoms with Gasteiger partial charge < -0.3 is 10.1 Å². The van der Waals surface area contributed by atoms with Crippen molar-refractivity contribution in [1.29, 1.82) is 0 Å². The van der Waals surface area contributed by atoms with Crippen LogP contribution in [0.15, 0.2) is 18.2 Å². The minimum atomic E-state index is -0.539. The highest BCUT2D eigenvalue weighted by Gasteiger charge is 2.16. The van der Waals surface area contributed by atoms with Crippen LogP contribution in [-0.4, -0.2) is 19.7 Å². The number of hydrogen-bond acceptors (Lipinski definition) is 2. The molecule has 0 aromatic heterocycles. The molecule has 0 heterocycles. The standard InChI is InChI=1S/C12H17F2NO/c1-8(2)12(7-15-3)16-11-6-9(13)4-5-10(11)14/h4-6,8,12,15H,7H2,1-3H3. The predicted octanol–water partition coefficient (Wildman–Crippen LogP) is 2.59. The molecular weight excluding hydrogens is 212 g/mol. The molecule has 1 atom stereocenters. The summed E-state index contributed by atoms with van der Waals surface area (Å²) in [5.41, 5.74) is 0. The van der Waals surface area contributed by atoms with E-state index in [1.54, 1.807) is 7.05 Å². The van der Waals surface area contributed by atoms with Gasteiger partial charge in [0.05, 0.1) is 0 Å². The molecule has 90 valence electrons. The van der Waals surface area contributed by atoms with Gasteiger partial charge in [-0.3, -0.25) is 0 Å². The van der Waals surface area contributed by atoms with E-state index in [2.05, 4.69) is 5.32 Å². The Hall–Kier alpha value is -1.16. The second kappa shape index (κ2) is 5.80. The van der Waals surface area contributed by atoms with Gasteiger partial charge in [0.25, 0.3) is 0 Å². The Morgan fingerprint density at radius 3 is 2.56 bits per heavy atom. The Morgan fingerprint density at radius 2 is 2.00 bits per heavy atom. The Bertz CT molecular complexity index is 342. The summed E-state index contributed by atoms with van der Waals surface area (Å²) in [4.78, 5) is 0. The van der Waals surface area contributed by atoms with E-state index in [1.807, 2.05) is 13.8 Å². The Labute approximate surface area is 94.6 Å². The van der Waals surface area contributed by atoms with E-state index in [0.29, 0.717) is 6.54 Å². The van der Waals surface area contributed by atoms with Crippen LogP contribution in [-0.2, 0) is 0 Å². The van der Waals surface area contributed by atoms with Crippen LogP contribution in [0.1, 0.15) is 13.8 Å². The summed E-state index contributed by atoms with van der Waals surface area (Å²) in [6.07, 6.45) is -0.179. The maximum atomic E-state index is 13.3. The Kier molecular flexibility index (Phi) is 4.68. The molecule has 0 aliphatic rings. The summed E-state index contributed by atoms with van der Waals surface area (Å²) < 4.78 is 31.7. The van der Waals surface area contributed by atoms with Crippen LogP contribution in [0.2, 0.25) is 0 Å². The van der Waals surface area contributed by atoms with Crippen molar-refractivity contribution >= 4 is 0 Å². The number of ether oxygens (including phenoxy) is 1. The van der Waals surface area contributed by atoms with Crippen LogP contribution < -0.4 is 10.1 Å². The molecule has 1 aromatic rings. The summed E-state index contributed by atoms with van der Waals surface area (Å²) in [5, 5.41) is 2.96. The van der Waals surface area contributed by atoms with Crippen LogP contribution >= 0.6 is 0 Å². The van der Waals surface area contributed by atoms with Crippen molar-refractivity contribution in [1.82, 2.24) is 5.32 Å². The van der Waals surface area contributed by atoms with Gasteiger partial charge in [-0.2, -0.15) is 0 Å². The SMILES string of the molecule is CNCC(Oc1cc(F)ccc1F)C(C)C. The van der Waals surface area contributed by atoms with E-state index >= 15 is 0 Å². The van der Waals surface area contributed by atoms with Gasteiger partial charge in [0.1, 0.15) is 11.9 Å². The summed E-state index contributed by atoms with van der Waals surface area (Å²) in [6, 6.07) is 3.21. The minimum absolute atomic E-state index is 0.0334. The number of hydrogen-bond donors (Lipinski definition) is 1. The third-order valence-corrected chi connectivity index (χ3v) is 2.32. The van der Waals surface area contributed by atoms with E-state index in [1.165, 1.54) is 0 Å². The molecule has 0 saturated carbocycles. The molecule has 0 radical (unpaired) electrons. The highest BCUT2D eigenvalue weighted by atomic mass is 19.1. The quantitative estimate of drug-likeness (QED) is 0.838. The molecule has 1 unspecified atom stereocenters. The molecule has 0 bridgehead atoms. The van der Waals surface area contributed by atoms with Crippen molar-refractivity contribution in [3.63, 3.8) is 0 Å². The molecule has 0 amide bonds. The zero-order valence-electron chi connectivity index (χ0n) is 9.76. The highest BCUT2D eigenvalue weighted by Crippen LogP contribution is 2.21. The lowest BCUT2D eigenvalue weighted by Crippen LogP contribution is -2.34. The van der Waals surface area contributed by atoms with E-state index < -0.39 is 11.6 Å². The van der Waals surface area contributed by atoms with E-state index in [-0.39, 0.29) is 17.8 Å². The van der Waals surface area contributed by atoms with Gasteiger partial charge in [-0.15, -0.1) is 0 Å². The first-order valence-corrected chi connectivity index (χ1v) is 5.31. The summed E-state index contributed by atoms with van der Waals surface area (Å²) in [7, 11) is 1.79. The van der Waals surface area contributed by atoms with Crippen LogP contribution in [0.3, 0.4) is 0 Å². The fraction of sp³-hybridized carbons (Fsp3) is 0.500. The number of likely N-dealkylation sites (N-methyl/N-ethyl adjacent to an activating group) is 1. The molecule has 16 heavy (non-hydrogen) atoms. The number of rotatable bonds is 5. The lowest BCUT2D eigenvalue weighted by atomic mass is 10.1. The average molecular weight is 229 g/mol. The molecule has 4 heteroatoms. The first-order valence-electron chi connectivity index (χ1n) is 5.31. The van der Waals surface area contributed by atoms with E-state index in [4.69, 9.17) is 4.74 Å². The van der Waals surface area contributed by atoms with Crippen LogP contribution in [0.4, 0.5) is 8.78 Å². The topological polar surface area (TPSA) is 21.3 Å². The molecule has 0 saturated heterocycles.